The average Bonchev–Trinajstić information content (AvgIpc) is 3.32. The summed E-state index contributed by atoms with van der Waals surface area (Å²) in [5.74, 6) is 0.498. The Bertz CT molecular complexity index is 1330. The van der Waals surface area contributed by atoms with Crippen LogP contribution in [0, 0.1) is 0 Å². The molecule has 0 aliphatic carbocycles. The van der Waals surface area contributed by atoms with E-state index >= 15 is 0 Å². The maximum absolute atomic E-state index is 13.5. The van der Waals surface area contributed by atoms with Crippen LogP contribution in [0.2, 0.25) is 0 Å². The summed E-state index contributed by atoms with van der Waals surface area (Å²) >= 11 is 0. The van der Waals surface area contributed by atoms with Gasteiger partial charge in [-0.25, -0.2) is 9.97 Å². The predicted octanol–water partition coefficient (Wildman–Crippen LogP) is 4.16. The van der Waals surface area contributed by atoms with E-state index in [-0.39, 0.29) is 17.7 Å². The first-order valence-electron chi connectivity index (χ1n) is 11.6. The lowest BCUT2D eigenvalue weighted by molar-refractivity contribution is -0.132. The SMILES string of the molecule is CCC(=O)N1CCCC(c2cccc(C(=O)Nc3ccccn3)c2-c2ncn3ccncc23)C1. The van der Waals surface area contributed by atoms with Crippen LogP contribution in [0.5, 0.6) is 0 Å². The molecule has 2 amide bonds. The monoisotopic (exact) mass is 454 g/mol. The molecular weight excluding hydrogens is 428 g/mol. The molecule has 1 atom stereocenters. The quantitative estimate of drug-likeness (QED) is 0.489. The molecule has 34 heavy (non-hydrogen) atoms. The summed E-state index contributed by atoms with van der Waals surface area (Å²) in [4.78, 5) is 41.0. The summed E-state index contributed by atoms with van der Waals surface area (Å²) < 4.78 is 1.90. The van der Waals surface area contributed by atoms with E-state index in [4.69, 9.17) is 0 Å². The Morgan fingerprint density at radius 1 is 1.12 bits per heavy atom. The molecule has 0 bridgehead atoms. The van der Waals surface area contributed by atoms with Gasteiger partial charge in [0.25, 0.3) is 5.91 Å². The van der Waals surface area contributed by atoms with E-state index in [1.54, 1.807) is 37.1 Å². The second-order valence-corrected chi connectivity index (χ2v) is 8.43. The van der Waals surface area contributed by atoms with Crippen molar-refractivity contribution in [1.82, 2.24) is 24.3 Å². The molecule has 1 aromatic carbocycles. The fourth-order valence-corrected chi connectivity index (χ4v) is 4.70. The average molecular weight is 455 g/mol. The van der Waals surface area contributed by atoms with Crippen molar-refractivity contribution >= 4 is 23.1 Å². The van der Waals surface area contributed by atoms with Crippen molar-refractivity contribution < 1.29 is 9.59 Å². The number of amides is 2. The van der Waals surface area contributed by atoms with Crippen molar-refractivity contribution in [2.45, 2.75) is 32.1 Å². The fraction of sp³-hybridized carbons (Fsp3) is 0.269. The normalized spacial score (nSPS) is 15.9. The van der Waals surface area contributed by atoms with Gasteiger partial charge in [0.15, 0.2) is 0 Å². The zero-order valence-electron chi connectivity index (χ0n) is 19.0. The van der Waals surface area contributed by atoms with Gasteiger partial charge in [0.1, 0.15) is 12.1 Å². The van der Waals surface area contributed by atoms with E-state index in [2.05, 4.69) is 26.3 Å². The maximum atomic E-state index is 13.5. The number of carbonyl (C=O) groups excluding carboxylic acids is 2. The van der Waals surface area contributed by atoms with Gasteiger partial charge in [0, 0.05) is 55.1 Å². The Morgan fingerprint density at radius 3 is 2.85 bits per heavy atom. The number of benzene rings is 1. The highest BCUT2D eigenvalue weighted by Gasteiger charge is 2.29. The van der Waals surface area contributed by atoms with Crippen LogP contribution in [0.25, 0.3) is 16.8 Å². The van der Waals surface area contributed by atoms with E-state index in [1.165, 1.54) is 0 Å². The van der Waals surface area contributed by atoms with Crippen molar-refractivity contribution in [2.24, 2.45) is 0 Å². The van der Waals surface area contributed by atoms with Gasteiger partial charge in [0.05, 0.1) is 17.4 Å². The van der Waals surface area contributed by atoms with Gasteiger partial charge < -0.3 is 14.6 Å². The molecule has 172 valence electrons. The molecular formula is C26H26N6O2. The minimum absolute atomic E-state index is 0.107. The molecule has 5 rings (SSSR count). The molecule has 1 unspecified atom stereocenters. The number of likely N-dealkylation sites (tertiary alicyclic amines) is 1. The van der Waals surface area contributed by atoms with E-state index < -0.39 is 0 Å². The minimum Gasteiger partial charge on any atom is -0.342 e. The van der Waals surface area contributed by atoms with Gasteiger partial charge in [-0.05, 0) is 36.6 Å². The Hall–Kier alpha value is -4.07. The number of carbonyl (C=O) groups is 2. The number of anilines is 1. The van der Waals surface area contributed by atoms with E-state index in [1.807, 2.05) is 40.6 Å². The van der Waals surface area contributed by atoms with Gasteiger partial charge in [-0.3, -0.25) is 14.6 Å². The molecule has 4 aromatic rings. The van der Waals surface area contributed by atoms with Crippen molar-refractivity contribution in [3.8, 4) is 11.3 Å². The van der Waals surface area contributed by atoms with Crippen molar-refractivity contribution in [1.29, 1.82) is 0 Å². The number of fused-ring (bicyclic) bond motifs is 1. The number of piperidine rings is 1. The number of nitrogens with one attached hydrogen (secondary N) is 1. The van der Waals surface area contributed by atoms with Crippen LogP contribution in [-0.2, 0) is 4.79 Å². The molecule has 3 aromatic heterocycles. The first kappa shape index (κ1) is 21.8. The van der Waals surface area contributed by atoms with Gasteiger partial charge in [-0.1, -0.05) is 25.1 Å². The maximum Gasteiger partial charge on any atom is 0.257 e. The number of hydrogen-bond donors (Lipinski definition) is 1. The smallest absolute Gasteiger partial charge is 0.257 e. The zero-order chi connectivity index (χ0) is 23.5. The van der Waals surface area contributed by atoms with Crippen LogP contribution < -0.4 is 5.32 Å². The van der Waals surface area contributed by atoms with Crippen molar-refractivity contribution in [3.05, 3.63) is 78.6 Å². The second-order valence-electron chi connectivity index (χ2n) is 8.43. The van der Waals surface area contributed by atoms with Crippen molar-refractivity contribution in [2.75, 3.05) is 18.4 Å². The van der Waals surface area contributed by atoms with Gasteiger partial charge in [-0.15, -0.1) is 0 Å². The molecule has 0 spiro atoms. The molecule has 1 fully saturated rings. The van der Waals surface area contributed by atoms with Crippen LogP contribution in [-0.4, -0.2) is 49.2 Å². The van der Waals surface area contributed by atoms with Crippen LogP contribution in [0.15, 0.2) is 67.5 Å². The third-order valence-electron chi connectivity index (χ3n) is 6.34. The molecule has 1 saturated heterocycles. The summed E-state index contributed by atoms with van der Waals surface area (Å²) in [6.07, 6.45) is 11.0. The first-order chi connectivity index (χ1) is 16.7. The van der Waals surface area contributed by atoms with E-state index in [9.17, 15) is 9.59 Å². The number of rotatable bonds is 5. The lowest BCUT2D eigenvalue weighted by Crippen LogP contribution is -2.38. The lowest BCUT2D eigenvalue weighted by Gasteiger charge is -2.34. The molecule has 4 heterocycles. The Kier molecular flexibility index (Phi) is 6.03. The number of imidazole rings is 1. The standard InChI is InChI=1S/C26H26N6O2/c1-2-23(33)31-13-6-7-18(16-31)19-8-5-9-20(26(34)30-22-10-3-4-11-28-22)24(19)25-21-15-27-12-14-32(21)17-29-25/h3-5,8-12,14-15,17-18H,2,6-7,13,16H2,1H3,(H,28,30,34). The zero-order valence-corrected chi connectivity index (χ0v) is 19.0. The Morgan fingerprint density at radius 2 is 2.03 bits per heavy atom. The van der Waals surface area contributed by atoms with Gasteiger partial charge >= 0.3 is 0 Å². The highest BCUT2D eigenvalue weighted by Crippen LogP contribution is 2.38. The lowest BCUT2D eigenvalue weighted by atomic mass is 9.84. The summed E-state index contributed by atoms with van der Waals surface area (Å²) in [5, 5.41) is 2.91. The fourth-order valence-electron chi connectivity index (χ4n) is 4.70. The number of nitrogens with zero attached hydrogens (tertiary/aromatic N) is 5. The second kappa shape index (κ2) is 9.43. The summed E-state index contributed by atoms with van der Waals surface area (Å²) in [5.41, 5.74) is 3.84. The van der Waals surface area contributed by atoms with E-state index in [0.717, 1.165) is 36.0 Å². The Balaban J connectivity index is 1.62. The third kappa shape index (κ3) is 4.14. The molecule has 0 saturated carbocycles. The van der Waals surface area contributed by atoms with Crippen LogP contribution in [0.1, 0.15) is 48.0 Å². The van der Waals surface area contributed by atoms with Gasteiger partial charge in [-0.2, -0.15) is 0 Å². The minimum atomic E-state index is -0.252. The number of aromatic nitrogens is 4. The first-order valence-corrected chi connectivity index (χ1v) is 11.6. The molecule has 1 aliphatic heterocycles. The van der Waals surface area contributed by atoms with E-state index in [0.29, 0.717) is 30.0 Å². The largest absolute Gasteiger partial charge is 0.342 e. The topological polar surface area (TPSA) is 92.5 Å². The van der Waals surface area contributed by atoms with Crippen LogP contribution in [0.3, 0.4) is 0 Å². The van der Waals surface area contributed by atoms with Gasteiger partial charge in [0.2, 0.25) is 5.91 Å². The molecule has 8 heteroatoms. The van der Waals surface area contributed by atoms with Crippen LogP contribution >= 0.6 is 0 Å². The molecule has 1 aliphatic rings. The van der Waals surface area contributed by atoms with Crippen molar-refractivity contribution in [3.63, 3.8) is 0 Å². The number of hydrogen-bond acceptors (Lipinski definition) is 5. The predicted molar refractivity (Wildman–Crippen MR) is 129 cm³/mol. The molecule has 1 N–H and O–H groups in total. The summed E-state index contributed by atoms with van der Waals surface area (Å²) in [6, 6.07) is 11.2. The highest BCUT2D eigenvalue weighted by atomic mass is 16.2. The third-order valence-corrected chi connectivity index (χ3v) is 6.34. The summed E-state index contributed by atoms with van der Waals surface area (Å²) in [7, 11) is 0. The van der Waals surface area contributed by atoms with Crippen LogP contribution in [0.4, 0.5) is 5.82 Å². The summed E-state index contributed by atoms with van der Waals surface area (Å²) in [6.45, 7) is 3.30. The molecule has 0 radical (unpaired) electrons. The highest BCUT2D eigenvalue weighted by molar-refractivity contribution is 6.09. The number of pyridine rings is 1. The Labute approximate surface area is 197 Å². The molecule has 8 nitrogen and oxygen atoms in total.